The van der Waals surface area contributed by atoms with Gasteiger partial charge in [-0.05, 0) is 97.1 Å². The lowest BCUT2D eigenvalue weighted by molar-refractivity contribution is 1.29. The quantitative estimate of drug-likeness (QED) is 0.158. The van der Waals surface area contributed by atoms with E-state index in [1.165, 1.54) is 65.2 Å². The Morgan fingerprint density at radius 3 is 1.27 bits per heavy atom. The molecule has 0 unspecified atom stereocenters. The highest BCUT2D eigenvalue weighted by Gasteiger charge is 2.27. The predicted octanol–water partition coefficient (Wildman–Crippen LogP) is 15.3. The van der Waals surface area contributed by atoms with Gasteiger partial charge in [-0.3, -0.25) is 0 Å². The van der Waals surface area contributed by atoms with Crippen LogP contribution in [0.25, 0.3) is 81.0 Å². The Bertz CT molecular complexity index is 3720. The van der Waals surface area contributed by atoms with Crippen molar-refractivity contribution < 1.29 is 0 Å². The molecular weight excluding hydrogens is 757 g/mol. The van der Waals surface area contributed by atoms with Gasteiger partial charge in [-0.2, -0.15) is 5.26 Å². The third-order valence-electron chi connectivity index (χ3n) is 12.8. The molecule has 13 aromatic rings. The Hall–Kier alpha value is -8.84. The fourth-order valence-corrected chi connectivity index (χ4v) is 10.2. The van der Waals surface area contributed by atoms with Crippen molar-refractivity contribution in [3.8, 4) is 6.07 Å². The van der Waals surface area contributed by atoms with Gasteiger partial charge in [0.2, 0.25) is 0 Å². The van der Waals surface area contributed by atoms with E-state index in [1.807, 2.05) is 60.7 Å². The minimum atomic E-state index is 0.616. The zero-order valence-corrected chi connectivity index (χ0v) is 33.2. The van der Waals surface area contributed by atoms with Gasteiger partial charge in [0.05, 0.1) is 62.7 Å². The summed E-state index contributed by atoms with van der Waals surface area (Å²) < 4.78 is 4.95. The van der Waals surface area contributed by atoms with Gasteiger partial charge < -0.3 is 18.6 Å². The lowest BCUT2D eigenvalue weighted by atomic mass is 10.0. The zero-order chi connectivity index (χ0) is 41.1. The molecule has 0 fully saturated rings. The first kappa shape index (κ1) is 34.1. The first-order chi connectivity index (χ1) is 30.7. The van der Waals surface area contributed by atoms with Gasteiger partial charge >= 0.3 is 0 Å². The molecule has 62 heavy (non-hydrogen) atoms. The molecular formula is C56H32N6. The van der Waals surface area contributed by atoms with Crippen molar-refractivity contribution in [3.63, 3.8) is 0 Å². The van der Waals surface area contributed by atoms with Crippen molar-refractivity contribution in [2.75, 3.05) is 9.80 Å². The molecule has 6 heteroatoms. The van der Waals surface area contributed by atoms with Crippen molar-refractivity contribution >= 4 is 116 Å². The van der Waals surface area contributed by atoms with E-state index in [0.29, 0.717) is 11.3 Å². The maximum absolute atomic E-state index is 9.64. The van der Waals surface area contributed by atoms with E-state index in [4.69, 9.17) is 6.57 Å². The molecule has 4 aromatic heterocycles. The number of hydrogen-bond acceptors (Lipinski definition) is 3. The Morgan fingerprint density at radius 1 is 0.403 bits per heavy atom. The summed E-state index contributed by atoms with van der Waals surface area (Å²) in [5.41, 5.74) is 14.5. The molecule has 13 rings (SSSR count). The fourth-order valence-electron chi connectivity index (χ4n) is 10.2. The van der Waals surface area contributed by atoms with E-state index in [-0.39, 0.29) is 0 Å². The highest BCUT2D eigenvalue weighted by atomic mass is 15.2. The fraction of sp³-hybridized carbons (Fsp3) is 0. The van der Waals surface area contributed by atoms with E-state index >= 15 is 0 Å². The highest BCUT2D eigenvalue weighted by molar-refractivity contribution is 6.32. The summed E-state index contributed by atoms with van der Waals surface area (Å²) in [5.74, 6) is 0. The molecule has 0 N–H and O–H groups in total. The van der Waals surface area contributed by atoms with E-state index in [2.05, 4.69) is 163 Å². The largest absolute Gasteiger partial charge is 0.310 e. The van der Waals surface area contributed by atoms with E-state index < -0.39 is 0 Å². The van der Waals surface area contributed by atoms with Crippen molar-refractivity contribution in [2.24, 2.45) is 0 Å². The topological polar surface area (TPSA) is 43.5 Å². The van der Waals surface area contributed by atoms with Crippen LogP contribution < -0.4 is 9.80 Å². The average molecular weight is 789 g/mol. The van der Waals surface area contributed by atoms with Crippen LogP contribution in [-0.2, 0) is 0 Å². The second-order valence-electron chi connectivity index (χ2n) is 15.9. The number of benzene rings is 9. The number of rotatable bonds is 6. The van der Waals surface area contributed by atoms with Crippen molar-refractivity contribution in [1.82, 2.24) is 8.80 Å². The molecule has 0 radical (unpaired) electrons. The summed E-state index contributed by atoms with van der Waals surface area (Å²) >= 11 is 0. The van der Waals surface area contributed by atoms with E-state index in [9.17, 15) is 5.26 Å². The third kappa shape index (κ3) is 4.61. The maximum atomic E-state index is 9.64. The predicted molar refractivity (Wildman–Crippen MR) is 256 cm³/mol. The minimum absolute atomic E-state index is 0.616. The third-order valence-corrected chi connectivity index (χ3v) is 12.8. The number of aromatic nitrogens is 2. The molecule has 4 heterocycles. The van der Waals surface area contributed by atoms with Crippen LogP contribution in [-0.4, -0.2) is 8.80 Å². The molecule has 0 bridgehead atoms. The summed E-state index contributed by atoms with van der Waals surface area (Å²) in [7, 11) is 0. The molecule has 0 atom stereocenters. The van der Waals surface area contributed by atoms with Crippen molar-refractivity contribution in [2.45, 2.75) is 0 Å². The second kappa shape index (κ2) is 12.8. The second-order valence-corrected chi connectivity index (χ2v) is 15.9. The smallest absolute Gasteiger partial charge is 0.187 e. The standard InChI is InChI=1S/C56H32N6/c1-58-36-22-26-40(27-23-36)60(38-14-6-3-7-15-38)50-31-29-42-46-33-51-45(32-52(46)62-48-19-11-9-17-44(48)54(50)56(42)62)41-28-30-49(53-43-16-8-10-18-47(43)61(51)55(41)53)59(37-12-4-2-5-13-37)39-24-20-35(34-57)21-25-39/h2-33H. The normalized spacial score (nSPS) is 11.8. The lowest BCUT2D eigenvalue weighted by Gasteiger charge is -2.26. The van der Waals surface area contributed by atoms with Crippen LogP contribution in [0.5, 0.6) is 0 Å². The number of para-hydroxylation sites is 4. The molecule has 9 aromatic carbocycles. The van der Waals surface area contributed by atoms with Crippen LogP contribution in [0.15, 0.2) is 194 Å². The van der Waals surface area contributed by atoms with Crippen LogP contribution in [0.1, 0.15) is 5.56 Å². The average Bonchev–Trinajstić information content (AvgIpc) is 4.06. The summed E-state index contributed by atoms with van der Waals surface area (Å²) in [6, 6.07) is 70.5. The number of nitrogens with zero attached hydrogens (tertiary/aromatic N) is 6. The van der Waals surface area contributed by atoms with Crippen LogP contribution in [0.4, 0.5) is 39.8 Å². The first-order valence-corrected chi connectivity index (χ1v) is 20.7. The van der Waals surface area contributed by atoms with Crippen LogP contribution in [0.2, 0.25) is 0 Å². The molecule has 0 saturated heterocycles. The number of nitriles is 1. The van der Waals surface area contributed by atoms with Gasteiger partial charge in [0, 0.05) is 65.8 Å². The Kier molecular flexibility index (Phi) is 7.05. The Balaban J connectivity index is 1.11. The van der Waals surface area contributed by atoms with Crippen molar-refractivity contribution in [3.05, 3.63) is 211 Å². The zero-order valence-electron chi connectivity index (χ0n) is 33.2. The van der Waals surface area contributed by atoms with Gasteiger partial charge in [0.15, 0.2) is 5.69 Å². The van der Waals surface area contributed by atoms with Crippen LogP contribution in [0.3, 0.4) is 0 Å². The van der Waals surface area contributed by atoms with Crippen LogP contribution in [0, 0.1) is 17.9 Å². The summed E-state index contributed by atoms with van der Waals surface area (Å²) in [6.45, 7) is 7.60. The van der Waals surface area contributed by atoms with E-state index in [1.54, 1.807) is 0 Å². The van der Waals surface area contributed by atoms with Crippen LogP contribution >= 0.6 is 0 Å². The Labute approximate surface area is 355 Å². The minimum Gasteiger partial charge on any atom is -0.310 e. The maximum Gasteiger partial charge on any atom is 0.187 e. The van der Waals surface area contributed by atoms with Gasteiger partial charge in [0.1, 0.15) is 0 Å². The Morgan fingerprint density at radius 2 is 0.823 bits per heavy atom. The molecule has 0 aliphatic carbocycles. The molecule has 0 spiro atoms. The monoisotopic (exact) mass is 788 g/mol. The van der Waals surface area contributed by atoms with E-state index in [0.717, 1.165) is 45.2 Å². The molecule has 0 aliphatic heterocycles. The number of anilines is 6. The first-order valence-electron chi connectivity index (χ1n) is 20.7. The lowest BCUT2D eigenvalue weighted by Crippen LogP contribution is -2.10. The molecule has 0 amide bonds. The van der Waals surface area contributed by atoms with Crippen molar-refractivity contribution in [1.29, 1.82) is 5.26 Å². The van der Waals surface area contributed by atoms with Gasteiger partial charge in [-0.25, -0.2) is 4.85 Å². The van der Waals surface area contributed by atoms with Gasteiger partial charge in [-0.1, -0.05) is 97.1 Å². The summed E-state index contributed by atoms with van der Waals surface area (Å²) in [4.78, 5) is 8.31. The molecule has 0 saturated carbocycles. The molecule has 0 aliphatic rings. The number of fused-ring (bicyclic) bond motifs is 12. The number of hydrogen-bond donors (Lipinski definition) is 0. The SMILES string of the molecule is [C-]#[N+]c1ccc(N(c2ccccc2)c2ccc3c4cc5c(cc4n4c6ccccc6c2c34)c2ccc(N(c3ccccc3)c3ccc(C#N)cc3)c3c4ccccc4n5c23)cc1. The summed E-state index contributed by atoms with van der Waals surface area (Å²) in [5, 5.41) is 19.2. The highest BCUT2D eigenvalue weighted by Crippen LogP contribution is 2.51. The van der Waals surface area contributed by atoms with Gasteiger partial charge in [-0.15, -0.1) is 0 Å². The van der Waals surface area contributed by atoms with Gasteiger partial charge in [0.25, 0.3) is 0 Å². The molecule has 6 nitrogen and oxygen atoms in total. The summed E-state index contributed by atoms with van der Waals surface area (Å²) in [6.07, 6.45) is 0. The molecule has 286 valence electrons.